The molecular weight excluding hydrogens is 360 g/mol. The molecule has 0 spiro atoms. The molecule has 10 heteroatoms. The van der Waals surface area contributed by atoms with Gasteiger partial charge >= 0.3 is 11.9 Å². The summed E-state index contributed by atoms with van der Waals surface area (Å²) in [6, 6.07) is 2.51. The van der Waals surface area contributed by atoms with E-state index in [0.29, 0.717) is 5.56 Å². The third-order valence-electron chi connectivity index (χ3n) is 3.82. The summed E-state index contributed by atoms with van der Waals surface area (Å²) in [5.74, 6) is -4.70. The predicted molar refractivity (Wildman–Crippen MR) is 92.1 cm³/mol. The maximum atomic E-state index is 12.1. The molecule has 27 heavy (non-hydrogen) atoms. The summed E-state index contributed by atoms with van der Waals surface area (Å²) in [5.41, 5.74) is -1.37. The lowest BCUT2D eigenvalue weighted by Crippen LogP contribution is -2.54. The van der Waals surface area contributed by atoms with E-state index in [2.05, 4.69) is 10.6 Å². The second-order valence-electron chi connectivity index (χ2n) is 6.32. The molecule has 2 unspecified atom stereocenters. The normalized spacial score (nSPS) is 13.9. The zero-order chi connectivity index (χ0) is 20.8. The van der Waals surface area contributed by atoms with Crippen LogP contribution < -0.4 is 10.6 Å². The molecule has 0 heterocycles. The molecule has 10 nitrogen and oxygen atoms in total. The van der Waals surface area contributed by atoms with Gasteiger partial charge in [-0.05, 0) is 31.0 Å². The molecule has 2 atom stereocenters. The van der Waals surface area contributed by atoms with Crippen LogP contribution in [0.3, 0.4) is 0 Å². The van der Waals surface area contributed by atoms with Crippen LogP contribution in [0.1, 0.15) is 32.3 Å². The van der Waals surface area contributed by atoms with Crippen molar-refractivity contribution in [2.45, 2.75) is 44.7 Å². The minimum atomic E-state index is -1.73. The minimum Gasteiger partial charge on any atom is -0.504 e. The van der Waals surface area contributed by atoms with E-state index in [0.717, 1.165) is 6.92 Å². The largest absolute Gasteiger partial charge is 0.504 e. The maximum absolute atomic E-state index is 12.1. The number of hydrogen-bond acceptors (Lipinski definition) is 6. The second-order valence-corrected chi connectivity index (χ2v) is 6.32. The Hall–Kier alpha value is -3.30. The van der Waals surface area contributed by atoms with Crippen LogP contribution in [0.2, 0.25) is 0 Å². The molecule has 148 valence electrons. The van der Waals surface area contributed by atoms with Gasteiger partial charge in [-0.25, -0.2) is 9.59 Å². The van der Waals surface area contributed by atoms with E-state index in [4.69, 9.17) is 5.11 Å². The number of rotatable bonds is 9. The SMILES string of the molecule is CC(=O)NC(CCC(=O)NC(C)(Cc1ccc(O)c(O)c1)C(=O)O)C(=O)O. The first kappa shape index (κ1) is 21.7. The molecule has 0 aliphatic carbocycles. The van der Waals surface area contributed by atoms with Gasteiger partial charge in [0.25, 0.3) is 0 Å². The molecule has 0 radical (unpaired) electrons. The lowest BCUT2D eigenvalue weighted by Gasteiger charge is -2.27. The van der Waals surface area contributed by atoms with Crippen LogP contribution in [0.4, 0.5) is 0 Å². The van der Waals surface area contributed by atoms with E-state index in [9.17, 15) is 34.5 Å². The highest BCUT2D eigenvalue weighted by molar-refractivity contribution is 5.88. The smallest absolute Gasteiger partial charge is 0.329 e. The third kappa shape index (κ3) is 6.49. The minimum absolute atomic E-state index is 0.185. The van der Waals surface area contributed by atoms with E-state index < -0.39 is 41.1 Å². The Morgan fingerprint density at radius 1 is 1.11 bits per heavy atom. The topological polar surface area (TPSA) is 173 Å². The van der Waals surface area contributed by atoms with Gasteiger partial charge < -0.3 is 31.1 Å². The highest BCUT2D eigenvalue weighted by Crippen LogP contribution is 2.27. The molecule has 0 aliphatic rings. The summed E-state index contributed by atoms with van der Waals surface area (Å²) in [6.07, 6.45) is -0.715. The summed E-state index contributed by atoms with van der Waals surface area (Å²) in [6.45, 7) is 2.41. The number of phenolic OH excluding ortho intramolecular Hbond substituents is 2. The number of benzene rings is 1. The van der Waals surface area contributed by atoms with Crippen molar-refractivity contribution >= 4 is 23.8 Å². The predicted octanol–water partition coefficient (Wildman–Crippen LogP) is -0.0307. The van der Waals surface area contributed by atoms with Crippen molar-refractivity contribution in [3.8, 4) is 11.5 Å². The number of nitrogens with one attached hydrogen (secondary N) is 2. The number of hydrogen-bond donors (Lipinski definition) is 6. The van der Waals surface area contributed by atoms with Gasteiger partial charge in [-0.2, -0.15) is 0 Å². The highest BCUT2D eigenvalue weighted by atomic mass is 16.4. The van der Waals surface area contributed by atoms with Crippen LogP contribution in [-0.2, 0) is 25.6 Å². The van der Waals surface area contributed by atoms with Gasteiger partial charge in [-0.15, -0.1) is 0 Å². The Balaban J connectivity index is 2.81. The van der Waals surface area contributed by atoms with E-state index in [1.165, 1.54) is 25.1 Å². The van der Waals surface area contributed by atoms with Crippen molar-refractivity contribution in [3.05, 3.63) is 23.8 Å². The first-order valence-electron chi connectivity index (χ1n) is 8.00. The first-order valence-corrected chi connectivity index (χ1v) is 8.00. The average molecular weight is 382 g/mol. The molecule has 6 N–H and O–H groups in total. The number of carbonyl (C=O) groups is 4. The quantitative estimate of drug-likeness (QED) is 0.323. The van der Waals surface area contributed by atoms with Crippen molar-refractivity contribution in [3.63, 3.8) is 0 Å². The Labute approximate surface area is 154 Å². The molecule has 0 bridgehead atoms. The molecule has 1 aromatic rings. The first-order chi connectivity index (χ1) is 12.4. The van der Waals surface area contributed by atoms with Crippen molar-refractivity contribution < 1.29 is 39.6 Å². The van der Waals surface area contributed by atoms with Crippen molar-refractivity contribution in [1.82, 2.24) is 10.6 Å². The zero-order valence-corrected chi connectivity index (χ0v) is 14.9. The van der Waals surface area contributed by atoms with Gasteiger partial charge in [0.05, 0.1) is 0 Å². The van der Waals surface area contributed by atoms with Gasteiger partial charge in [0.2, 0.25) is 11.8 Å². The number of aromatic hydroxyl groups is 2. The number of carboxylic acid groups (broad SMARTS) is 2. The number of aliphatic carboxylic acids is 2. The Kier molecular flexibility index (Phi) is 7.15. The summed E-state index contributed by atoms with van der Waals surface area (Å²) in [5, 5.41) is 41.8. The third-order valence-corrected chi connectivity index (χ3v) is 3.82. The summed E-state index contributed by atoms with van der Waals surface area (Å²) >= 11 is 0. The summed E-state index contributed by atoms with van der Waals surface area (Å²) in [4.78, 5) is 45.8. The molecule has 2 amide bonds. The fraction of sp³-hybridized carbons (Fsp3) is 0.412. The molecule has 0 aromatic heterocycles. The number of carbonyl (C=O) groups excluding carboxylic acids is 2. The summed E-state index contributed by atoms with van der Waals surface area (Å²) in [7, 11) is 0. The molecule has 0 saturated carbocycles. The van der Waals surface area contributed by atoms with Gasteiger partial charge in [-0.3, -0.25) is 9.59 Å². The fourth-order valence-corrected chi connectivity index (χ4v) is 2.41. The van der Waals surface area contributed by atoms with E-state index in [1.54, 1.807) is 0 Å². The average Bonchev–Trinajstić information content (AvgIpc) is 2.54. The van der Waals surface area contributed by atoms with Crippen LogP contribution in [0, 0.1) is 0 Å². The van der Waals surface area contributed by atoms with Crippen LogP contribution in [0.15, 0.2) is 18.2 Å². The lowest BCUT2D eigenvalue weighted by atomic mass is 9.92. The lowest BCUT2D eigenvalue weighted by molar-refractivity contribution is -0.147. The standard InChI is InChI=1S/C17H22N2O8/c1-9(20)18-11(15(24)25)4-6-14(23)19-17(2,16(26)27)8-10-3-5-12(21)13(22)7-10/h3,5,7,11,21-22H,4,6,8H2,1-2H3,(H,18,20)(H,19,23)(H,24,25)(H,26,27). The molecule has 0 saturated heterocycles. The van der Waals surface area contributed by atoms with Gasteiger partial charge in [-0.1, -0.05) is 6.07 Å². The number of carboxylic acids is 2. The Bertz CT molecular complexity index is 748. The number of amides is 2. The highest BCUT2D eigenvalue weighted by Gasteiger charge is 2.35. The van der Waals surface area contributed by atoms with Crippen molar-refractivity contribution in [2.75, 3.05) is 0 Å². The zero-order valence-electron chi connectivity index (χ0n) is 14.9. The van der Waals surface area contributed by atoms with Crippen LogP contribution in [0.25, 0.3) is 0 Å². The molecule has 0 fully saturated rings. The molecule has 1 rings (SSSR count). The number of phenols is 2. The van der Waals surface area contributed by atoms with Crippen LogP contribution in [0.5, 0.6) is 11.5 Å². The van der Waals surface area contributed by atoms with E-state index >= 15 is 0 Å². The van der Waals surface area contributed by atoms with Gasteiger partial charge in [0.15, 0.2) is 11.5 Å². The Morgan fingerprint density at radius 2 is 1.74 bits per heavy atom. The second kappa shape index (κ2) is 8.88. The van der Waals surface area contributed by atoms with Gasteiger partial charge in [0, 0.05) is 19.8 Å². The van der Waals surface area contributed by atoms with Crippen molar-refractivity contribution in [2.24, 2.45) is 0 Å². The molecular formula is C17H22N2O8. The summed E-state index contributed by atoms with van der Waals surface area (Å²) < 4.78 is 0. The van der Waals surface area contributed by atoms with Crippen LogP contribution >= 0.6 is 0 Å². The molecule has 1 aromatic carbocycles. The van der Waals surface area contributed by atoms with Gasteiger partial charge in [0.1, 0.15) is 11.6 Å². The maximum Gasteiger partial charge on any atom is 0.329 e. The van der Waals surface area contributed by atoms with Crippen LogP contribution in [-0.4, -0.2) is 55.8 Å². The Morgan fingerprint density at radius 3 is 2.22 bits per heavy atom. The van der Waals surface area contributed by atoms with Crippen molar-refractivity contribution in [1.29, 1.82) is 0 Å². The van der Waals surface area contributed by atoms with E-state index in [-0.39, 0.29) is 25.0 Å². The van der Waals surface area contributed by atoms with E-state index in [1.807, 2.05) is 0 Å². The fourth-order valence-electron chi connectivity index (χ4n) is 2.41. The monoisotopic (exact) mass is 382 g/mol. The molecule has 0 aliphatic heterocycles.